The quantitative estimate of drug-likeness (QED) is 0.771. The average molecular weight is 297 g/mol. The first-order valence-electron chi connectivity index (χ1n) is 6.65. The third kappa shape index (κ3) is 6.30. The number of para-hydroxylation sites is 1. The minimum absolute atomic E-state index is 0.224. The van der Waals surface area contributed by atoms with Crippen LogP contribution in [0.3, 0.4) is 0 Å². The highest BCUT2D eigenvalue weighted by Gasteiger charge is 2.22. The molecule has 0 fully saturated rings. The monoisotopic (exact) mass is 297 g/mol. The lowest BCUT2D eigenvalue weighted by Crippen LogP contribution is -2.45. The fraction of sp³-hybridized carbons (Fsp3) is 0.533. The van der Waals surface area contributed by atoms with Gasteiger partial charge in [0.05, 0.1) is 5.60 Å². The summed E-state index contributed by atoms with van der Waals surface area (Å²) in [7, 11) is 0. The van der Waals surface area contributed by atoms with Gasteiger partial charge in [-0.15, -0.1) is 0 Å². The Bertz CT molecular complexity index is 409. The summed E-state index contributed by atoms with van der Waals surface area (Å²) in [5.74, 6) is 1.29. The number of ether oxygens (including phenoxy) is 1. The molecule has 0 saturated carbocycles. The molecule has 0 aromatic heterocycles. The van der Waals surface area contributed by atoms with Gasteiger partial charge in [0.25, 0.3) is 5.91 Å². The predicted molar refractivity (Wildman–Crippen MR) is 83.2 cm³/mol. The fourth-order valence-electron chi connectivity index (χ4n) is 1.59. The van der Waals surface area contributed by atoms with Gasteiger partial charge < -0.3 is 15.2 Å². The van der Waals surface area contributed by atoms with E-state index in [0.717, 1.165) is 5.75 Å². The van der Waals surface area contributed by atoms with Gasteiger partial charge in [-0.1, -0.05) is 18.2 Å². The topological polar surface area (TPSA) is 58.6 Å². The Morgan fingerprint density at radius 3 is 2.70 bits per heavy atom. The first-order valence-corrected chi connectivity index (χ1v) is 8.05. The first-order chi connectivity index (χ1) is 9.44. The SMILES string of the molecule is CSCCC(C)(O)CNC(=O)C(C)Oc1ccccc1. The smallest absolute Gasteiger partial charge is 0.260 e. The molecule has 1 rings (SSSR count). The highest BCUT2D eigenvalue weighted by atomic mass is 32.2. The zero-order chi connectivity index (χ0) is 15.0. The number of rotatable bonds is 8. The molecule has 0 aliphatic carbocycles. The number of benzene rings is 1. The van der Waals surface area contributed by atoms with E-state index >= 15 is 0 Å². The summed E-state index contributed by atoms with van der Waals surface area (Å²) in [5.41, 5.74) is -0.884. The van der Waals surface area contributed by atoms with Crippen LogP contribution in [0.25, 0.3) is 0 Å². The van der Waals surface area contributed by atoms with E-state index in [9.17, 15) is 9.90 Å². The lowest BCUT2D eigenvalue weighted by atomic mass is 10.0. The summed E-state index contributed by atoms with van der Waals surface area (Å²) in [4.78, 5) is 11.9. The lowest BCUT2D eigenvalue weighted by Gasteiger charge is -2.24. The van der Waals surface area contributed by atoms with Crippen LogP contribution >= 0.6 is 11.8 Å². The van der Waals surface area contributed by atoms with Gasteiger partial charge in [0.2, 0.25) is 0 Å². The molecule has 2 unspecified atom stereocenters. The van der Waals surface area contributed by atoms with Gasteiger partial charge >= 0.3 is 0 Å². The molecule has 2 N–H and O–H groups in total. The summed E-state index contributed by atoms with van der Waals surface area (Å²) < 4.78 is 5.52. The highest BCUT2D eigenvalue weighted by Crippen LogP contribution is 2.13. The molecule has 1 aromatic carbocycles. The van der Waals surface area contributed by atoms with Gasteiger partial charge in [-0.3, -0.25) is 4.79 Å². The average Bonchev–Trinajstić information content (AvgIpc) is 2.44. The van der Waals surface area contributed by atoms with Gasteiger partial charge in [0, 0.05) is 6.54 Å². The fourth-order valence-corrected chi connectivity index (χ4v) is 2.23. The predicted octanol–water partition coefficient (Wildman–Crippen LogP) is 2.07. The van der Waals surface area contributed by atoms with Crippen LogP contribution in [-0.2, 0) is 4.79 Å². The summed E-state index contributed by atoms with van der Waals surface area (Å²) in [6, 6.07) is 9.21. The molecule has 112 valence electrons. The Labute approximate surface area is 124 Å². The number of hydrogen-bond acceptors (Lipinski definition) is 4. The minimum atomic E-state index is -0.884. The molecule has 1 aromatic rings. The van der Waals surface area contributed by atoms with E-state index in [1.165, 1.54) is 0 Å². The van der Waals surface area contributed by atoms with Crippen molar-refractivity contribution in [3.63, 3.8) is 0 Å². The molecule has 2 atom stereocenters. The number of carbonyl (C=O) groups is 1. The van der Waals surface area contributed by atoms with Crippen LogP contribution in [0.5, 0.6) is 5.75 Å². The van der Waals surface area contributed by atoms with Crippen LogP contribution in [-0.4, -0.2) is 41.3 Å². The van der Waals surface area contributed by atoms with Crippen molar-refractivity contribution in [2.75, 3.05) is 18.6 Å². The summed E-state index contributed by atoms with van der Waals surface area (Å²) in [6.07, 6.45) is 2.04. The van der Waals surface area contributed by atoms with E-state index < -0.39 is 11.7 Å². The van der Waals surface area contributed by atoms with E-state index in [4.69, 9.17) is 4.74 Å². The normalized spacial score (nSPS) is 15.2. The number of hydrogen-bond donors (Lipinski definition) is 2. The van der Waals surface area contributed by atoms with Crippen molar-refractivity contribution in [1.82, 2.24) is 5.32 Å². The van der Waals surface area contributed by atoms with Crippen molar-refractivity contribution in [2.45, 2.75) is 32.0 Å². The Morgan fingerprint density at radius 1 is 1.45 bits per heavy atom. The molecule has 0 aliphatic heterocycles. The van der Waals surface area contributed by atoms with E-state index in [2.05, 4.69) is 5.32 Å². The van der Waals surface area contributed by atoms with E-state index in [1.54, 1.807) is 37.7 Å². The molecule has 0 bridgehead atoms. The molecule has 20 heavy (non-hydrogen) atoms. The van der Waals surface area contributed by atoms with E-state index in [0.29, 0.717) is 12.2 Å². The van der Waals surface area contributed by atoms with Crippen molar-refractivity contribution in [3.05, 3.63) is 30.3 Å². The van der Waals surface area contributed by atoms with Gasteiger partial charge in [0.1, 0.15) is 5.75 Å². The Balaban J connectivity index is 2.38. The molecule has 5 heteroatoms. The number of aliphatic hydroxyl groups is 1. The summed E-state index contributed by atoms with van der Waals surface area (Å²) >= 11 is 1.67. The lowest BCUT2D eigenvalue weighted by molar-refractivity contribution is -0.128. The Kier molecular flexibility index (Phi) is 6.88. The third-order valence-electron chi connectivity index (χ3n) is 2.91. The maximum atomic E-state index is 11.9. The summed E-state index contributed by atoms with van der Waals surface area (Å²) in [6.45, 7) is 3.65. The zero-order valence-electron chi connectivity index (χ0n) is 12.3. The molecular formula is C15H23NO3S. The van der Waals surface area contributed by atoms with Crippen LogP contribution < -0.4 is 10.1 Å². The van der Waals surface area contributed by atoms with Crippen LogP contribution in [0.2, 0.25) is 0 Å². The third-order valence-corrected chi connectivity index (χ3v) is 3.53. The molecule has 0 aliphatic rings. The standard InChI is InChI=1S/C15H23NO3S/c1-12(19-13-7-5-4-6-8-13)14(17)16-11-15(2,18)9-10-20-3/h4-8,12,18H,9-11H2,1-3H3,(H,16,17). The second kappa shape index (κ2) is 8.17. The van der Waals surface area contributed by atoms with Crippen molar-refractivity contribution >= 4 is 17.7 Å². The number of thioether (sulfide) groups is 1. The maximum Gasteiger partial charge on any atom is 0.260 e. The van der Waals surface area contributed by atoms with Gasteiger partial charge in [-0.2, -0.15) is 11.8 Å². The second-order valence-electron chi connectivity index (χ2n) is 5.03. The molecule has 0 heterocycles. The zero-order valence-corrected chi connectivity index (χ0v) is 13.1. The molecule has 0 saturated heterocycles. The largest absolute Gasteiger partial charge is 0.481 e. The van der Waals surface area contributed by atoms with Crippen molar-refractivity contribution < 1.29 is 14.6 Å². The van der Waals surface area contributed by atoms with Crippen LogP contribution in [0.15, 0.2) is 30.3 Å². The minimum Gasteiger partial charge on any atom is -0.481 e. The van der Waals surface area contributed by atoms with E-state index in [-0.39, 0.29) is 12.5 Å². The maximum absolute atomic E-state index is 11.9. The Hall–Kier alpha value is -1.20. The van der Waals surface area contributed by atoms with Gasteiger partial charge in [-0.05, 0) is 44.4 Å². The van der Waals surface area contributed by atoms with Crippen molar-refractivity contribution in [1.29, 1.82) is 0 Å². The van der Waals surface area contributed by atoms with Gasteiger partial charge in [-0.25, -0.2) is 0 Å². The number of amides is 1. The molecule has 0 spiro atoms. The molecule has 4 nitrogen and oxygen atoms in total. The van der Waals surface area contributed by atoms with Crippen LogP contribution in [0.1, 0.15) is 20.3 Å². The second-order valence-corrected chi connectivity index (χ2v) is 6.02. The molecule has 0 radical (unpaired) electrons. The summed E-state index contributed by atoms with van der Waals surface area (Å²) in [5, 5.41) is 12.8. The van der Waals surface area contributed by atoms with Crippen molar-refractivity contribution in [3.8, 4) is 5.75 Å². The molecular weight excluding hydrogens is 274 g/mol. The van der Waals surface area contributed by atoms with Crippen LogP contribution in [0.4, 0.5) is 0 Å². The van der Waals surface area contributed by atoms with E-state index in [1.807, 2.05) is 24.5 Å². The number of nitrogens with one attached hydrogen (secondary N) is 1. The Morgan fingerprint density at radius 2 is 2.10 bits per heavy atom. The number of carbonyl (C=O) groups excluding carboxylic acids is 1. The van der Waals surface area contributed by atoms with Crippen LogP contribution in [0, 0.1) is 0 Å². The first kappa shape index (κ1) is 16.9. The highest BCUT2D eigenvalue weighted by molar-refractivity contribution is 7.98. The molecule has 1 amide bonds. The van der Waals surface area contributed by atoms with Crippen molar-refractivity contribution in [2.24, 2.45) is 0 Å². The van der Waals surface area contributed by atoms with Gasteiger partial charge in [0.15, 0.2) is 6.10 Å².